The molecule has 2 rings (SSSR count). The van der Waals surface area contributed by atoms with Crippen LogP contribution in [-0.2, 0) is 4.74 Å². The molecule has 0 unspecified atom stereocenters. The van der Waals surface area contributed by atoms with Gasteiger partial charge >= 0.3 is 6.09 Å². The highest BCUT2D eigenvalue weighted by Crippen LogP contribution is 2.29. The van der Waals surface area contributed by atoms with Crippen molar-refractivity contribution in [2.75, 3.05) is 0 Å². The largest absolute Gasteiger partial charge is 0.443 e. The van der Waals surface area contributed by atoms with Gasteiger partial charge < -0.3 is 4.74 Å². The summed E-state index contributed by atoms with van der Waals surface area (Å²) in [5.41, 5.74) is 3.25. The molecule has 0 N–H and O–H groups in total. The number of allylic oxidation sites excluding steroid dienone is 1. The number of benzene rings is 1. The first-order chi connectivity index (χ1) is 9.79. The first-order valence-electron chi connectivity index (χ1n) is 6.95. The number of hydrogen-bond donors (Lipinski definition) is 0. The van der Waals surface area contributed by atoms with Crippen molar-refractivity contribution in [2.45, 2.75) is 33.3 Å². The summed E-state index contributed by atoms with van der Waals surface area (Å²) in [6.07, 6.45) is 1.34. The molecule has 0 aliphatic heterocycles. The second-order valence-electron chi connectivity index (χ2n) is 6.07. The summed E-state index contributed by atoms with van der Waals surface area (Å²) in [6, 6.07) is 11.7. The fourth-order valence-corrected chi connectivity index (χ4v) is 2.15. The molecule has 3 heteroatoms. The first kappa shape index (κ1) is 15.1. The highest BCUT2D eigenvalue weighted by molar-refractivity contribution is 5.84. The Kier molecular flexibility index (Phi) is 4.03. The van der Waals surface area contributed by atoms with Gasteiger partial charge in [0.2, 0.25) is 0 Å². The van der Waals surface area contributed by atoms with Gasteiger partial charge in [0.1, 0.15) is 5.60 Å². The molecule has 0 spiro atoms. The van der Waals surface area contributed by atoms with Crippen LogP contribution in [0.25, 0.3) is 16.8 Å². The van der Waals surface area contributed by atoms with Gasteiger partial charge in [0.15, 0.2) is 0 Å². The second kappa shape index (κ2) is 5.60. The Bertz CT molecular complexity index is 675. The molecule has 2 aromatic rings. The van der Waals surface area contributed by atoms with Crippen LogP contribution in [0.3, 0.4) is 0 Å². The van der Waals surface area contributed by atoms with Gasteiger partial charge in [0.05, 0.1) is 5.69 Å². The standard InChI is InChI=1S/C18H21NO2/c1-13(2)14-9-6-7-10-15(14)16-11-8-12-19(16)17(20)21-18(3,4)5/h6-12H,1H2,2-5H3. The predicted octanol–water partition coefficient (Wildman–Crippen LogP) is 4.97. The van der Waals surface area contributed by atoms with Crippen LogP contribution in [0.1, 0.15) is 33.3 Å². The summed E-state index contributed by atoms with van der Waals surface area (Å²) in [6.45, 7) is 11.5. The topological polar surface area (TPSA) is 31.2 Å². The van der Waals surface area contributed by atoms with E-state index in [1.54, 1.807) is 6.20 Å². The Balaban J connectivity index is 2.47. The molecular formula is C18H21NO2. The monoisotopic (exact) mass is 283 g/mol. The van der Waals surface area contributed by atoms with Crippen molar-refractivity contribution < 1.29 is 9.53 Å². The average molecular weight is 283 g/mol. The number of rotatable bonds is 2. The number of carbonyl (C=O) groups excluding carboxylic acids is 1. The zero-order valence-electron chi connectivity index (χ0n) is 13.0. The van der Waals surface area contributed by atoms with Crippen molar-refractivity contribution >= 4 is 11.7 Å². The van der Waals surface area contributed by atoms with Crippen LogP contribution >= 0.6 is 0 Å². The number of hydrogen-bond acceptors (Lipinski definition) is 2. The maximum absolute atomic E-state index is 12.3. The van der Waals surface area contributed by atoms with E-state index in [0.29, 0.717) is 0 Å². The lowest BCUT2D eigenvalue weighted by atomic mass is 10.00. The summed E-state index contributed by atoms with van der Waals surface area (Å²) in [4.78, 5) is 12.3. The SMILES string of the molecule is C=C(C)c1ccccc1-c1cccn1C(=O)OC(C)(C)C. The number of aromatic nitrogens is 1. The fourth-order valence-electron chi connectivity index (χ4n) is 2.15. The molecule has 0 saturated heterocycles. The number of carbonyl (C=O) groups is 1. The Morgan fingerprint density at radius 1 is 1.14 bits per heavy atom. The Morgan fingerprint density at radius 3 is 2.43 bits per heavy atom. The average Bonchev–Trinajstić information content (AvgIpc) is 2.85. The Labute approximate surface area is 125 Å². The molecule has 0 amide bonds. The smallest absolute Gasteiger partial charge is 0.418 e. The minimum Gasteiger partial charge on any atom is -0.443 e. The second-order valence-corrected chi connectivity index (χ2v) is 6.07. The molecule has 0 aliphatic rings. The molecule has 0 atom stereocenters. The van der Waals surface area contributed by atoms with Crippen molar-refractivity contribution in [1.29, 1.82) is 0 Å². The van der Waals surface area contributed by atoms with E-state index in [1.807, 2.05) is 64.1 Å². The van der Waals surface area contributed by atoms with Crippen molar-refractivity contribution in [3.8, 4) is 11.3 Å². The van der Waals surface area contributed by atoms with E-state index in [9.17, 15) is 4.79 Å². The predicted molar refractivity (Wildman–Crippen MR) is 86.2 cm³/mol. The quantitative estimate of drug-likeness (QED) is 0.779. The van der Waals surface area contributed by atoms with Crippen molar-refractivity contribution in [1.82, 2.24) is 4.57 Å². The molecule has 0 aliphatic carbocycles. The van der Waals surface area contributed by atoms with E-state index in [2.05, 4.69) is 6.58 Å². The summed E-state index contributed by atoms with van der Waals surface area (Å²) < 4.78 is 6.98. The summed E-state index contributed by atoms with van der Waals surface area (Å²) in [5, 5.41) is 0. The van der Waals surface area contributed by atoms with E-state index in [0.717, 1.165) is 22.4 Å². The van der Waals surface area contributed by atoms with E-state index in [1.165, 1.54) is 4.57 Å². The van der Waals surface area contributed by atoms with Gasteiger partial charge in [0, 0.05) is 11.8 Å². The van der Waals surface area contributed by atoms with Crippen molar-refractivity contribution in [3.05, 3.63) is 54.7 Å². The highest BCUT2D eigenvalue weighted by atomic mass is 16.6. The molecule has 0 radical (unpaired) electrons. The van der Waals surface area contributed by atoms with Crippen LogP contribution in [0.2, 0.25) is 0 Å². The van der Waals surface area contributed by atoms with Crippen LogP contribution in [0.5, 0.6) is 0 Å². The molecule has 0 bridgehead atoms. The Morgan fingerprint density at radius 2 is 1.81 bits per heavy atom. The molecule has 1 aromatic heterocycles. The maximum atomic E-state index is 12.3. The van der Waals surface area contributed by atoms with Gasteiger partial charge in [-0.15, -0.1) is 0 Å². The van der Waals surface area contributed by atoms with Gasteiger partial charge in [0.25, 0.3) is 0 Å². The lowest BCUT2D eigenvalue weighted by Crippen LogP contribution is -2.27. The zero-order chi connectivity index (χ0) is 15.6. The van der Waals surface area contributed by atoms with E-state index >= 15 is 0 Å². The molecule has 0 saturated carbocycles. The van der Waals surface area contributed by atoms with Crippen LogP contribution in [0, 0.1) is 0 Å². The summed E-state index contributed by atoms with van der Waals surface area (Å²) in [5.74, 6) is 0. The molecule has 110 valence electrons. The van der Waals surface area contributed by atoms with Crippen LogP contribution in [0.15, 0.2) is 49.2 Å². The summed E-state index contributed by atoms with van der Waals surface area (Å²) in [7, 11) is 0. The Hall–Kier alpha value is -2.29. The molecule has 21 heavy (non-hydrogen) atoms. The van der Waals surface area contributed by atoms with Crippen LogP contribution < -0.4 is 0 Å². The maximum Gasteiger partial charge on any atom is 0.418 e. The summed E-state index contributed by atoms with van der Waals surface area (Å²) >= 11 is 0. The van der Waals surface area contributed by atoms with Gasteiger partial charge in [-0.1, -0.05) is 36.4 Å². The lowest BCUT2D eigenvalue weighted by molar-refractivity contribution is 0.0540. The molecule has 1 heterocycles. The third-order valence-corrected chi connectivity index (χ3v) is 3.00. The molecule has 1 aromatic carbocycles. The first-order valence-corrected chi connectivity index (χ1v) is 6.95. The third-order valence-electron chi connectivity index (χ3n) is 3.00. The van der Waals surface area contributed by atoms with Crippen LogP contribution in [-0.4, -0.2) is 16.3 Å². The van der Waals surface area contributed by atoms with Crippen molar-refractivity contribution in [2.24, 2.45) is 0 Å². The van der Waals surface area contributed by atoms with Gasteiger partial charge in [-0.25, -0.2) is 4.79 Å². The van der Waals surface area contributed by atoms with Gasteiger partial charge in [-0.2, -0.15) is 0 Å². The van der Waals surface area contributed by atoms with E-state index in [4.69, 9.17) is 4.74 Å². The van der Waals surface area contributed by atoms with E-state index < -0.39 is 5.60 Å². The van der Waals surface area contributed by atoms with Crippen molar-refractivity contribution in [3.63, 3.8) is 0 Å². The molecular weight excluding hydrogens is 262 g/mol. The van der Waals surface area contributed by atoms with E-state index in [-0.39, 0.29) is 6.09 Å². The third kappa shape index (κ3) is 3.43. The highest BCUT2D eigenvalue weighted by Gasteiger charge is 2.20. The normalized spacial score (nSPS) is 11.2. The number of nitrogens with zero attached hydrogens (tertiary/aromatic N) is 1. The lowest BCUT2D eigenvalue weighted by Gasteiger charge is -2.21. The minimum absolute atomic E-state index is 0.376. The van der Waals surface area contributed by atoms with Crippen LogP contribution in [0.4, 0.5) is 4.79 Å². The molecule has 3 nitrogen and oxygen atoms in total. The molecule has 0 fully saturated rings. The van der Waals surface area contributed by atoms with Gasteiger partial charge in [-0.3, -0.25) is 4.57 Å². The fraction of sp³-hybridized carbons (Fsp3) is 0.278. The zero-order valence-corrected chi connectivity index (χ0v) is 13.0. The van der Waals surface area contributed by atoms with Gasteiger partial charge in [-0.05, 0) is 45.4 Å². The number of ether oxygens (including phenoxy) is 1. The minimum atomic E-state index is -0.521.